The molecule has 0 aliphatic carbocycles. The van der Waals surface area contributed by atoms with Gasteiger partial charge in [0.15, 0.2) is 5.69 Å². The van der Waals surface area contributed by atoms with Crippen molar-refractivity contribution in [2.45, 2.75) is 0 Å². The molecular weight excluding hydrogens is 773 g/mol. The minimum Gasteiger partial charge on any atom is -0.310 e. The van der Waals surface area contributed by atoms with Gasteiger partial charge in [-0.15, -0.1) is 22.7 Å². The second-order valence-corrected chi connectivity index (χ2v) is 17.1. The van der Waals surface area contributed by atoms with Gasteiger partial charge in [0, 0.05) is 103 Å². The summed E-state index contributed by atoms with van der Waals surface area (Å²) in [5, 5.41) is 18.8. The summed E-state index contributed by atoms with van der Waals surface area (Å²) in [6.07, 6.45) is 3.95. The molecule has 12 aromatic rings. The van der Waals surface area contributed by atoms with Crippen LogP contribution in [0.1, 0.15) is 5.56 Å². The third-order valence-corrected chi connectivity index (χ3v) is 13.7. The first-order valence-electron chi connectivity index (χ1n) is 19.5. The maximum absolute atomic E-state index is 9.62. The van der Waals surface area contributed by atoms with Gasteiger partial charge in [0.1, 0.15) is 0 Å². The Hall–Kier alpha value is -7.88. The first kappa shape index (κ1) is 34.2. The number of nitrogens with zero attached hydrogens (tertiary/aromatic N) is 6. The fourth-order valence-corrected chi connectivity index (χ4v) is 11.0. The number of hydrogen-bond donors (Lipinski definition) is 0. The number of aromatic nitrogens is 2. The zero-order valence-electron chi connectivity index (χ0n) is 31.7. The molecule has 0 saturated carbocycles. The Morgan fingerprint density at radius 3 is 1.45 bits per heavy atom. The minimum absolute atomic E-state index is 0.593. The molecule has 278 valence electrons. The van der Waals surface area contributed by atoms with E-state index in [-0.39, 0.29) is 0 Å². The van der Waals surface area contributed by atoms with Crippen LogP contribution >= 0.6 is 22.7 Å². The molecule has 0 aliphatic heterocycles. The lowest BCUT2D eigenvalue weighted by molar-refractivity contribution is 1.28. The normalized spacial score (nSPS) is 11.6. The monoisotopic (exact) mass is 800 g/mol. The van der Waals surface area contributed by atoms with E-state index in [4.69, 9.17) is 16.5 Å². The summed E-state index contributed by atoms with van der Waals surface area (Å²) in [4.78, 5) is 18.4. The number of fused-ring (bicyclic) bond motifs is 6. The molecule has 12 rings (SSSR count). The molecule has 0 N–H and O–H groups in total. The molecule has 0 aliphatic rings. The molecule has 0 spiro atoms. The molecule has 6 nitrogen and oxygen atoms in total. The maximum atomic E-state index is 9.62. The minimum atomic E-state index is 0.593. The van der Waals surface area contributed by atoms with Crippen LogP contribution in [0.5, 0.6) is 0 Å². The van der Waals surface area contributed by atoms with Gasteiger partial charge in [-0.3, -0.25) is 9.97 Å². The highest BCUT2D eigenvalue weighted by Crippen LogP contribution is 2.46. The molecule has 0 saturated heterocycles. The second kappa shape index (κ2) is 13.3. The van der Waals surface area contributed by atoms with Gasteiger partial charge in [-0.2, -0.15) is 5.26 Å². The van der Waals surface area contributed by atoms with E-state index in [9.17, 15) is 5.26 Å². The van der Waals surface area contributed by atoms with Crippen molar-refractivity contribution in [2.75, 3.05) is 9.80 Å². The Bertz CT molecular complexity index is 3450. The standard InChI is InChI=1S/C52H28N6S2/c1-54-34-12-16-36(17-13-34)58(38-19-21-44-42-7-3-5-9-48(42)60-50(44)27-38)40-24-45-52-46(25-40)56-30-33-23-39(22-32(29-55-45)51(33)52)57(35-14-10-31(28-53)11-15-35)37-18-20-43-41-6-2-4-8-47(41)59-49(43)26-37/h2-27,29-30H. The van der Waals surface area contributed by atoms with Gasteiger partial charge in [0.2, 0.25) is 0 Å². The number of nitriles is 1. The van der Waals surface area contributed by atoms with E-state index in [1.807, 2.05) is 60.9 Å². The van der Waals surface area contributed by atoms with Crippen LogP contribution in [-0.4, -0.2) is 9.97 Å². The smallest absolute Gasteiger partial charge is 0.187 e. The molecule has 0 bridgehead atoms. The Labute approximate surface area is 351 Å². The van der Waals surface area contributed by atoms with Gasteiger partial charge >= 0.3 is 0 Å². The van der Waals surface area contributed by atoms with Gasteiger partial charge in [0.05, 0.1) is 34.9 Å². The van der Waals surface area contributed by atoms with Crippen molar-refractivity contribution in [1.82, 2.24) is 9.97 Å². The van der Waals surface area contributed by atoms with Gasteiger partial charge < -0.3 is 9.80 Å². The average Bonchev–Trinajstić information content (AvgIpc) is 3.86. The summed E-state index contributed by atoms with van der Waals surface area (Å²) in [5.41, 5.74) is 8.74. The molecule has 0 radical (unpaired) electrons. The van der Waals surface area contributed by atoms with Crippen LogP contribution < -0.4 is 9.80 Å². The van der Waals surface area contributed by atoms with E-state index in [1.165, 1.54) is 40.3 Å². The Morgan fingerprint density at radius 2 is 0.933 bits per heavy atom. The van der Waals surface area contributed by atoms with E-state index >= 15 is 0 Å². The fourth-order valence-electron chi connectivity index (χ4n) is 8.72. The van der Waals surface area contributed by atoms with Crippen LogP contribution in [0, 0.1) is 17.9 Å². The van der Waals surface area contributed by atoms with Crippen molar-refractivity contribution in [3.63, 3.8) is 0 Å². The first-order chi connectivity index (χ1) is 29.6. The number of pyridine rings is 2. The fraction of sp³-hybridized carbons (Fsp3) is 0. The molecular formula is C52H28N6S2. The molecule has 60 heavy (non-hydrogen) atoms. The maximum Gasteiger partial charge on any atom is 0.187 e. The van der Waals surface area contributed by atoms with E-state index in [1.54, 1.807) is 22.7 Å². The van der Waals surface area contributed by atoms with Crippen molar-refractivity contribution in [2.24, 2.45) is 0 Å². The highest BCUT2D eigenvalue weighted by atomic mass is 32.1. The molecule has 0 atom stereocenters. The van der Waals surface area contributed by atoms with E-state index in [2.05, 4.69) is 130 Å². The summed E-state index contributed by atoms with van der Waals surface area (Å²) < 4.78 is 4.94. The quantitative estimate of drug-likeness (QED) is 0.124. The van der Waals surface area contributed by atoms with E-state index in [0.717, 1.165) is 66.7 Å². The van der Waals surface area contributed by atoms with Crippen LogP contribution in [0.3, 0.4) is 0 Å². The van der Waals surface area contributed by atoms with Gasteiger partial charge in [-0.25, -0.2) is 4.85 Å². The van der Waals surface area contributed by atoms with Crippen LogP contribution in [0.25, 0.3) is 77.8 Å². The zero-order chi connectivity index (χ0) is 39.9. The van der Waals surface area contributed by atoms with E-state index in [0.29, 0.717) is 11.3 Å². The predicted molar refractivity (Wildman–Crippen MR) is 252 cm³/mol. The molecule has 0 amide bonds. The highest BCUT2D eigenvalue weighted by Gasteiger charge is 2.21. The van der Waals surface area contributed by atoms with Crippen LogP contribution in [-0.2, 0) is 0 Å². The number of rotatable bonds is 6. The lowest BCUT2D eigenvalue weighted by atomic mass is 9.99. The third-order valence-electron chi connectivity index (χ3n) is 11.5. The molecule has 4 heterocycles. The lowest BCUT2D eigenvalue weighted by Gasteiger charge is -2.27. The summed E-state index contributed by atoms with van der Waals surface area (Å²) in [6, 6.07) is 56.9. The molecule has 4 aromatic heterocycles. The van der Waals surface area contributed by atoms with E-state index < -0.39 is 0 Å². The molecule has 8 aromatic carbocycles. The van der Waals surface area contributed by atoms with Crippen LogP contribution in [0.15, 0.2) is 170 Å². The van der Waals surface area contributed by atoms with Crippen molar-refractivity contribution in [3.8, 4) is 6.07 Å². The lowest BCUT2D eigenvalue weighted by Crippen LogP contribution is -2.11. The second-order valence-electron chi connectivity index (χ2n) is 14.9. The third kappa shape index (κ3) is 5.37. The summed E-state index contributed by atoms with van der Waals surface area (Å²) >= 11 is 3.59. The summed E-state index contributed by atoms with van der Waals surface area (Å²) in [5.74, 6) is 0. The molecule has 0 fully saturated rings. The van der Waals surface area contributed by atoms with Gasteiger partial charge in [-0.1, -0.05) is 60.7 Å². The summed E-state index contributed by atoms with van der Waals surface area (Å²) in [6.45, 7) is 7.57. The van der Waals surface area contributed by atoms with Crippen LogP contribution in [0.2, 0.25) is 0 Å². The SMILES string of the molecule is [C-]#[N+]c1ccc(N(c2cc3ncc4cc(N(c5ccc(C#N)cc5)c5ccc6c(c5)sc5ccccc56)cc5cnc(c2)c3c45)c2ccc3c(c2)sc2ccccc23)cc1. The first-order valence-corrected chi connectivity index (χ1v) is 21.1. The zero-order valence-corrected chi connectivity index (χ0v) is 33.3. The molecule has 8 heteroatoms. The Morgan fingerprint density at radius 1 is 0.467 bits per heavy atom. The highest BCUT2D eigenvalue weighted by molar-refractivity contribution is 7.26. The van der Waals surface area contributed by atoms with Crippen molar-refractivity contribution >= 4 is 135 Å². The van der Waals surface area contributed by atoms with Crippen molar-refractivity contribution in [3.05, 3.63) is 187 Å². The average molecular weight is 801 g/mol. The van der Waals surface area contributed by atoms with Crippen molar-refractivity contribution in [1.29, 1.82) is 5.26 Å². The number of hydrogen-bond acceptors (Lipinski definition) is 7. The Balaban J connectivity index is 1.01. The van der Waals surface area contributed by atoms with Gasteiger partial charge in [-0.05, 0) is 97.1 Å². The topological polar surface area (TPSA) is 60.4 Å². The number of benzene rings is 8. The molecule has 0 unspecified atom stereocenters. The van der Waals surface area contributed by atoms with Crippen LogP contribution in [0.4, 0.5) is 39.8 Å². The predicted octanol–water partition coefficient (Wildman–Crippen LogP) is 15.5. The number of thiophene rings is 2. The Kier molecular flexibility index (Phi) is 7.60. The summed E-state index contributed by atoms with van der Waals surface area (Å²) in [7, 11) is 0. The largest absolute Gasteiger partial charge is 0.310 e. The van der Waals surface area contributed by atoms with Gasteiger partial charge in [0.25, 0.3) is 0 Å². The van der Waals surface area contributed by atoms with Crippen molar-refractivity contribution < 1.29 is 0 Å². The number of anilines is 6.